The van der Waals surface area contributed by atoms with Crippen molar-refractivity contribution < 1.29 is 19.6 Å². The average Bonchev–Trinajstić information content (AvgIpc) is 2.43. The molecule has 1 aromatic carbocycles. The van der Waals surface area contributed by atoms with E-state index >= 15 is 0 Å². The van der Waals surface area contributed by atoms with Crippen LogP contribution in [0.2, 0.25) is 0 Å². The van der Waals surface area contributed by atoms with Gasteiger partial charge >= 0.3 is 11.7 Å². The van der Waals surface area contributed by atoms with Crippen LogP contribution in [0.3, 0.4) is 0 Å². The van der Waals surface area contributed by atoms with Gasteiger partial charge in [-0.3, -0.25) is 14.9 Å². The fourth-order valence-corrected chi connectivity index (χ4v) is 1.95. The predicted molar refractivity (Wildman–Crippen MR) is 78.8 cm³/mol. The number of nitrogens with one attached hydrogen (secondary N) is 1. The predicted octanol–water partition coefficient (Wildman–Crippen LogP) is 2.91. The highest BCUT2D eigenvalue weighted by atomic mass is 16.6. The monoisotopic (exact) mass is 296 g/mol. The number of rotatable bonds is 9. The van der Waals surface area contributed by atoms with E-state index in [-0.39, 0.29) is 18.0 Å². The smallest absolute Gasteiger partial charge is 0.311 e. The largest absolute Gasteiger partial charge is 0.487 e. The van der Waals surface area contributed by atoms with Crippen molar-refractivity contribution in [2.75, 3.05) is 18.5 Å². The molecular formula is C14H20N2O5. The first kappa shape index (κ1) is 16.7. The van der Waals surface area contributed by atoms with E-state index in [1.807, 2.05) is 6.92 Å². The first-order valence-electron chi connectivity index (χ1n) is 6.87. The maximum Gasteiger partial charge on any atom is 0.311 e. The molecule has 0 heterocycles. The summed E-state index contributed by atoms with van der Waals surface area (Å²) >= 11 is 0. The van der Waals surface area contributed by atoms with Gasteiger partial charge in [0.2, 0.25) is 0 Å². The number of nitro benzene ring substituents is 1. The molecule has 0 aliphatic heterocycles. The molecule has 0 saturated heterocycles. The van der Waals surface area contributed by atoms with Crippen molar-refractivity contribution >= 4 is 17.3 Å². The molecule has 7 nitrogen and oxygen atoms in total. The van der Waals surface area contributed by atoms with Gasteiger partial charge in [-0.2, -0.15) is 0 Å². The number of nitrogens with zero attached hydrogens (tertiary/aromatic N) is 1. The summed E-state index contributed by atoms with van der Waals surface area (Å²) in [6.45, 7) is 4.25. The molecule has 1 aromatic rings. The highest BCUT2D eigenvalue weighted by Gasteiger charge is 2.18. The highest BCUT2D eigenvalue weighted by molar-refractivity contribution is 5.71. The number of aliphatic carboxylic acids is 1. The summed E-state index contributed by atoms with van der Waals surface area (Å²) in [6.07, 6.45) is 1.36. The van der Waals surface area contributed by atoms with Crippen molar-refractivity contribution in [3.63, 3.8) is 0 Å². The fraction of sp³-hybridized carbons (Fsp3) is 0.500. The second-order valence-electron chi connectivity index (χ2n) is 4.58. The van der Waals surface area contributed by atoms with E-state index in [9.17, 15) is 14.9 Å². The lowest BCUT2D eigenvalue weighted by molar-refractivity contribution is -0.385. The Morgan fingerprint density at radius 2 is 2.19 bits per heavy atom. The van der Waals surface area contributed by atoms with Gasteiger partial charge in [0.05, 0.1) is 17.4 Å². The van der Waals surface area contributed by atoms with E-state index in [0.29, 0.717) is 18.7 Å². The summed E-state index contributed by atoms with van der Waals surface area (Å²) in [7, 11) is 0. The lowest BCUT2D eigenvalue weighted by atomic mass is 10.0. The molecule has 1 rings (SSSR count). The van der Waals surface area contributed by atoms with Crippen LogP contribution in [0, 0.1) is 16.0 Å². The molecule has 0 saturated carbocycles. The highest BCUT2D eigenvalue weighted by Crippen LogP contribution is 2.30. The normalized spacial score (nSPS) is 11.7. The maximum absolute atomic E-state index is 11.1. The number of anilines is 1. The van der Waals surface area contributed by atoms with Gasteiger partial charge in [0.15, 0.2) is 5.75 Å². The number of nitro groups is 1. The van der Waals surface area contributed by atoms with Gasteiger partial charge in [-0.15, -0.1) is 0 Å². The number of hydrogen-bond acceptors (Lipinski definition) is 5. The van der Waals surface area contributed by atoms with Crippen LogP contribution < -0.4 is 10.1 Å². The summed E-state index contributed by atoms with van der Waals surface area (Å²) < 4.78 is 5.24. The molecule has 0 aromatic heterocycles. The third-order valence-corrected chi connectivity index (χ3v) is 3.00. The fourth-order valence-electron chi connectivity index (χ4n) is 1.95. The number of carboxylic acid groups (broad SMARTS) is 1. The number of carboxylic acids is 1. The van der Waals surface area contributed by atoms with Crippen LogP contribution in [0.1, 0.15) is 26.7 Å². The Bertz CT molecular complexity index is 504. The van der Waals surface area contributed by atoms with Crippen molar-refractivity contribution in [3.05, 3.63) is 28.3 Å². The molecule has 2 N–H and O–H groups in total. The van der Waals surface area contributed by atoms with Gasteiger partial charge in [0.25, 0.3) is 0 Å². The number of benzene rings is 1. The standard InChI is InChI=1S/C14H20N2O5/c1-3-5-10(14(17)18)9-15-11-6-7-12(16(19)20)13(8-11)21-4-2/h6-8,10,15H,3-5,9H2,1-2H3,(H,17,18). The molecule has 1 unspecified atom stereocenters. The third kappa shape index (κ3) is 4.94. The van der Waals surface area contributed by atoms with Gasteiger partial charge in [-0.1, -0.05) is 13.3 Å². The molecule has 0 fully saturated rings. The summed E-state index contributed by atoms with van der Waals surface area (Å²) in [5, 5.41) is 23.0. The quantitative estimate of drug-likeness (QED) is 0.536. The van der Waals surface area contributed by atoms with E-state index in [4.69, 9.17) is 9.84 Å². The lowest BCUT2D eigenvalue weighted by Gasteiger charge is -2.14. The molecule has 7 heteroatoms. The van der Waals surface area contributed by atoms with Crippen molar-refractivity contribution in [3.8, 4) is 5.75 Å². The molecule has 0 radical (unpaired) electrons. The van der Waals surface area contributed by atoms with Gasteiger partial charge in [0, 0.05) is 24.4 Å². The minimum absolute atomic E-state index is 0.106. The van der Waals surface area contributed by atoms with Crippen molar-refractivity contribution in [2.45, 2.75) is 26.7 Å². The Labute approximate surface area is 123 Å². The SMILES string of the molecule is CCCC(CNc1ccc([N+](=O)[O-])c(OCC)c1)C(=O)O. The van der Waals surface area contributed by atoms with Crippen LogP contribution in [0.15, 0.2) is 18.2 Å². The Morgan fingerprint density at radius 3 is 2.71 bits per heavy atom. The zero-order valence-electron chi connectivity index (χ0n) is 12.2. The molecule has 0 bridgehead atoms. The Morgan fingerprint density at radius 1 is 1.48 bits per heavy atom. The van der Waals surface area contributed by atoms with Crippen LogP contribution in [0.5, 0.6) is 5.75 Å². The molecule has 0 amide bonds. The van der Waals surface area contributed by atoms with Crippen molar-refractivity contribution in [1.82, 2.24) is 0 Å². The van der Waals surface area contributed by atoms with Crippen molar-refractivity contribution in [1.29, 1.82) is 0 Å². The van der Waals surface area contributed by atoms with E-state index in [0.717, 1.165) is 6.42 Å². The Hall–Kier alpha value is -2.31. The third-order valence-electron chi connectivity index (χ3n) is 3.00. The van der Waals surface area contributed by atoms with Gasteiger partial charge < -0.3 is 15.2 Å². The van der Waals surface area contributed by atoms with E-state index in [1.165, 1.54) is 12.1 Å². The maximum atomic E-state index is 11.1. The summed E-state index contributed by atoms with van der Waals surface area (Å²) in [5.74, 6) is -1.16. The second-order valence-corrected chi connectivity index (χ2v) is 4.58. The zero-order valence-corrected chi connectivity index (χ0v) is 12.2. The molecule has 116 valence electrons. The van der Waals surface area contributed by atoms with Crippen LogP contribution in [-0.4, -0.2) is 29.2 Å². The van der Waals surface area contributed by atoms with Crippen LogP contribution >= 0.6 is 0 Å². The summed E-state index contributed by atoms with van der Waals surface area (Å²) in [4.78, 5) is 21.4. The minimum Gasteiger partial charge on any atom is -0.487 e. The first-order valence-corrected chi connectivity index (χ1v) is 6.87. The van der Waals surface area contributed by atoms with Crippen LogP contribution in [0.4, 0.5) is 11.4 Å². The topological polar surface area (TPSA) is 102 Å². The Balaban J connectivity index is 2.82. The van der Waals surface area contributed by atoms with Crippen molar-refractivity contribution in [2.24, 2.45) is 5.92 Å². The molecule has 1 atom stereocenters. The first-order chi connectivity index (χ1) is 9.99. The molecular weight excluding hydrogens is 276 g/mol. The number of carbonyl (C=O) groups is 1. The molecule has 0 spiro atoms. The summed E-state index contributed by atoms with van der Waals surface area (Å²) in [5.41, 5.74) is 0.497. The van der Waals surface area contributed by atoms with Gasteiger partial charge in [-0.05, 0) is 19.4 Å². The number of hydrogen-bond donors (Lipinski definition) is 2. The minimum atomic E-state index is -0.851. The molecule has 21 heavy (non-hydrogen) atoms. The van der Waals surface area contributed by atoms with Gasteiger partial charge in [0.1, 0.15) is 0 Å². The summed E-state index contributed by atoms with van der Waals surface area (Å²) in [6, 6.07) is 4.42. The van der Waals surface area contributed by atoms with Crippen LogP contribution in [0.25, 0.3) is 0 Å². The number of ether oxygens (including phenoxy) is 1. The van der Waals surface area contributed by atoms with E-state index in [1.54, 1.807) is 13.0 Å². The zero-order chi connectivity index (χ0) is 15.8. The van der Waals surface area contributed by atoms with E-state index < -0.39 is 16.8 Å². The van der Waals surface area contributed by atoms with E-state index in [2.05, 4.69) is 5.32 Å². The molecule has 0 aliphatic carbocycles. The molecule has 0 aliphatic rings. The Kier molecular flexibility index (Phi) is 6.45. The second kappa shape index (κ2) is 8.08. The van der Waals surface area contributed by atoms with Gasteiger partial charge in [-0.25, -0.2) is 0 Å². The van der Waals surface area contributed by atoms with Crippen LogP contribution in [-0.2, 0) is 4.79 Å². The average molecular weight is 296 g/mol. The lowest BCUT2D eigenvalue weighted by Crippen LogP contribution is -2.22.